The Balaban J connectivity index is 0.00000261. The molecule has 0 radical (unpaired) electrons. The van der Waals surface area contributed by atoms with Crippen LogP contribution in [0, 0.1) is 0 Å². The van der Waals surface area contributed by atoms with Crippen LogP contribution < -0.4 is 15.4 Å². The van der Waals surface area contributed by atoms with Crippen molar-refractivity contribution < 1.29 is 27.8 Å². The number of para-hydroxylation sites is 1. The zero-order valence-corrected chi connectivity index (χ0v) is 14.8. The number of anilines is 1. The van der Waals surface area contributed by atoms with Crippen LogP contribution in [0.15, 0.2) is 48.5 Å². The number of amides is 1. The second-order valence-electron chi connectivity index (χ2n) is 5.96. The molecule has 1 aliphatic heterocycles. The van der Waals surface area contributed by atoms with Gasteiger partial charge in [-0.1, -0.05) is 12.1 Å². The molecule has 0 aromatic heterocycles. The van der Waals surface area contributed by atoms with E-state index in [9.17, 15) is 23.1 Å². The van der Waals surface area contributed by atoms with Gasteiger partial charge in [-0.25, -0.2) is 0 Å². The summed E-state index contributed by atoms with van der Waals surface area (Å²) in [7, 11) is 0. The fourth-order valence-corrected chi connectivity index (χ4v) is 2.67. The van der Waals surface area contributed by atoms with E-state index in [-0.39, 0.29) is 29.8 Å². The molecule has 2 aromatic rings. The Kier molecular flexibility index (Phi) is 6.69. The van der Waals surface area contributed by atoms with Crippen LogP contribution in [0.4, 0.5) is 18.9 Å². The summed E-state index contributed by atoms with van der Waals surface area (Å²) in [5, 5.41) is 15.0. The molecule has 0 aliphatic carbocycles. The monoisotopic (exact) mass is 402 g/mol. The normalized spacial score (nSPS) is 19.3. The highest BCUT2D eigenvalue weighted by atomic mass is 35.5. The summed E-state index contributed by atoms with van der Waals surface area (Å²) < 4.78 is 44.3. The maximum absolute atomic E-state index is 13.0. The quantitative estimate of drug-likeness (QED) is 0.731. The lowest BCUT2D eigenvalue weighted by Gasteiger charge is -2.14. The van der Waals surface area contributed by atoms with Crippen LogP contribution in [-0.4, -0.2) is 29.7 Å². The van der Waals surface area contributed by atoms with E-state index in [4.69, 9.17) is 4.74 Å². The SMILES string of the molecule is Cl.O=C(Nc1ccc(Oc2ccccc2C(F)(F)F)cc1)C1CC(O)CN1. The molecule has 0 bridgehead atoms. The van der Waals surface area contributed by atoms with Gasteiger partial charge in [0.05, 0.1) is 17.7 Å². The maximum Gasteiger partial charge on any atom is 0.419 e. The van der Waals surface area contributed by atoms with E-state index < -0.39 is 23.9 Å². The van der Waals surface area contributed by atoms with Crippen LogP contribution in [0.25, 0.3) is 0 Å². The molecule has 146 valence electrons. The van der Waals surface area contributed by atoms with E-state index in [2.05, 4.69) is 10.6 Å². The first-order valence-electron chi connectivity index (χ1n) is 7.99. The topological polar surface area (TPSA) is 70.6 Å². The standard InChI is InChI=1S/C18H17F3N2O3.ClH/c19-18(20,21)14-3-1-2-4-16(14)26-13-7-5-11(6-8-13)23-17(25)15-9-12(24)10-22-15;/h1-8,12,15,22,24H,9-10H2,(H,23,25);1H. The fourth-order valence-electron chi connectivity index (χ4n) is 2.67. The third kappa shape index (κ3) is 5.35. The molecule has 1 saturated heterocycles. The molecule has 2 aromatic carbocycles. The van der Waals surface area contributed by atoms with Gasteiger partial charge in [-0.05, 0) is 42.8 Å². The van der Waals surface area contributed by atoms with E-state index >= 15 is 0 Å². The van der Waals surface area contributed by atoms with Crippen LogP contribution >= 0.6 is 12.4 Å². The highest BCUT2D eigenvalue weighted by Crippen LogP contribution is 2.37. The molecule has 2 unspecified atom stereocenters. The van der Waals surface area contributed by atoms with E-state index in [0.29, 0.717) is 18.7 Å². The first-order chi connectivity index (χ1) is 12.3. The lowest BCUT2D eigenvalue weighted by Crippen LogP contribution is -2.35. The summed E-state index contributed by atoms with van der Waals surface area (Å²) in [5.74, 6) is -0.354. The first-order valence-corrected chi connectivity index (χ1v) is 7.99. The van der Waals surface area contributed by atoms with Crippen LogP contribution in [0.5, 0.6) is 11.5 Å². The molecule has 3 rings (SSSR count). The largest absolute Gasteiger partial charge is 0.457 e. The van der Waals surface area contributed by atoms with Crippen LogP contribution in [-0.2, 0) is 11.0 Å². The van der Waals surface area contributed by atoms with Crippen molar-refractivity contribution in [1.82, 2.24) is 5.32 Å². The van der Waals surface area contributed by atoms with Gasteiger partial charge in [0.1, 0.15) is 11.5 Å². The van der Waals surface area contributed by atoms with Crippen molar-refractivity contribution in [3.8, 4) is 11.5 Å². The summed E-state index contributed by atoms with van der Waals surface area (Å²) in [6.45, 7) is 0.365. The number of benzene rings is 2. The Morgan fingerprint density at radius 2 is 1.81 bits per heavy atom. The summed E-state index contributed by atoms with van der Waals surface area (Å²) >= 11 is 0. The van der Waals surface area contributed by atoms with Gasteiger partial charge in [-0.2, -0.15) is 13.2 Å². The van der Waals surface area contributed by atoms with E-state index in [1.807, 2.05) is 0 Å². The van der Waals surface area contributed by atoms with Crippen molar-refractivity contribution >= 4 is 24.0 Å². The third-order valence-electron chi connectivity index (χ3n) is 3.97. The van der Waals surface area contributed by atoms with Gasteiger partial charge in [-0.3, -0.25) is 4.79 Å². The number of hydrogen-bond donors (Lipinski definition) is 3. The van der Waals surface area contributed by atoms with Gasteiger partial charge in [-0.15, -0.1) is 12.4 Å². The summed E-state index contributed by atoms with van der Waals surface area (Å²) in [4.78, 5) is 12.1. The molecule has 1 aliphatic rings. The maximum atomic E-state index is 13.0. The molecule has 5 nitrogen and oxygen atoms in total. The average Bonchev–Trinajstić information content (AvgIpc) is 3.03. The number of aliphatic hydroxyl groups is 1. The minimum absolute atomic E-state index is 0. The lowest BCUT2D eigenvalue weighted by molar-refractivity contribution is -0.138. The lowest BCUT2D eigenvalue weighted by atomic mass is 10.2. The summed E-state index contributed by atoms with van der Waals surface area (Å²) in [6.07, 6.45) is -4.72. The average molecular weight is 403 g/mol. The Morgan fingerprint density at radius 1 is 1.15 bits per heavy atom. The first kappa shape index (κ1) is 21.0. The summed E-state index contributed by atoms with van der Waals surface area (Å²) in [6, 6.07) is 10.5. The van der Waals surface area contributed by atoms with E-state index in [0.717, 1.165) is 6.07 Å². The minimum Gasteiger partial charge on any atom is -0.457 e. The molecular formula is C18H18ClF3N2O3. The Labute approximate surface area is 159 Å². The molecule has 0 saturated carbocycles. The summed E-state index contributed by atoms with van der Waals surface area (Å²) in [5.41, 5.74) is -0.377. The van der Waals surface area contributed by atoms with E-state index in [1.54, 1.807) is 0 Å². The predicted molar refractivity (Wildman–Crippen MR) is 96.3 cm³/mol. The highest BCUT2D eigenvalue weighted by Gasteiger charge is 2.34. The molecule has 1 amide bonds. The van der Waals surface area contributed by atoms with Gasteiger partial charge in [0.15, 0.2) is 0 Å². The number of rotatable bonds is 4. The van der Waals surface area contributed by atoms with Crippen molar-refractivity contribution in [2.45, 2.75) is 24.7 Å². The Hall–Kier alpha value is -2.29. The van der Waals surface area contributed by atoms with Gasteiger partial charge in [0.2, 0.25) is 5.91 Å². The van der Waals surface area contributed by atoms with Gasteiger partial charge < -0.3 is 20.5 Å². The second kappa shape index (κ2) is 8.60. The molecular weight excluding hydrogens is 385 g/mol. The van der Waals surface area contributed by atoms with Crippen LogP contribution in [0.2, 0.25) is 0 Å². The predicted octanol–water partition coefficient (Wildman–Crippen LogP) is 3.58. The van der Waals surface area contributed by atoms with Crippen molar-refractivity contribution in [1.29, 1.82) is 0 Å². The zero-order valence-electron chi connectivity index (χ0n) is 14.0. The van der Waals surface area contributed by atoms with Crippen molar-refractivity contribution in [3.05, 3.63) is 54.1 Å². The second-order valence-corrected chi connectivity index (χ2v) is 5.96. The highest BCUT2D eigenvalue weighted by molar-refractivity contribution is 5.95. The van der Waals surface area contributed by atoms with Gasteiger partial charge >= 0.3 is 6.18 Å². The third-order valence-corrected chi connectivity index (χ3v) is 3.97. The molecule has 2 atom stereocenters. The van der Waals surface area contributed by atoms with Crippen LogP contribution in [0.3, 0.4) is 0 Å². The Bertz CT molecular complexity index is 784. The number of aliphatic hydroxyl groups excluding tert-OH is 1. The number of halogens is 4. The minimum atomic E-state index is -4.51. The molecule has 3 N–H and O–H groups in total. The zero-order chi connectivity index (χ0) is 18.7. The number of β-amino-alcohol motifs (C(OH)–C–C–N with tert-alkyl or cyclic N) is 1. The fraction of sp³-hybridized carbons (Fsp3) is 0.278. The number of ether oxygens (including phenoxy) is 1. The molecule has 1 fully saturated rings. The van der Waals surface area contributed by atoms with Crippen molar-refractivity contribution in [3.63, 3.8) is 0 Å². The number of nitrogens with one attached hydrogen (secondary N) is 2. The van der Waals surface area contributed by atoms with Gasteiger partial charge in [0.25, 0.3) is 0 Å². The number of carbonyl (C=O) groups is 1. The van der Waals surface area contributed by atoms with Crippen molar-refractivity contribution in [2.24, 2.45) is 0 Å². The molecule has 27 heavy (non-hydrogen) atoms. The number of hydrogen-bond acceptors (Lipinski definition) is 4. The Morgan fingerprint density at radius 3 is 2.41 bits per heavy atom. The van der Waals surface area contributed by atoms with Crippen LogP contribution in [0.1, 0.15) is 12.0 Å². The molecule has 0 spiro atoms. The molecule has 1 heterocycles. The number of carbonyl (C=O) groups excluding carboxylic acids is 1. The van der Waals surface area contributed by atoms with E-state index in [1.165, 1.54) is 42.5 Å². The van der Waals surface area contributed by atoms with Gasteiger partial charge in [0, 0.05) is 12.2 Å². The number of alkyl halides is 3. The molecule has 9 heteroatoms. The smallest absolute Gasteiger partial charge is 0.419 e. The van der Waals surface area contributed by atoms with Crippen molar-refractivity contribution in [2.75, 3.05) is 11.9 Å².